The van der Waals surface area contributed by atoms with Crippen molar-refractivity contribution in [1.29, 1.82) is 0 Å². The number of aryl methyl sites for hydroxylation is 1. The average Bonchev–Trinajstić information content (AvgIpc) is 2.78. The van der Waals surface area contributed by atoms with Gasteiger partial charge in [0.05, 0.1) is 0 Å². The summed E-state index contributed by atoms with van der Waals surface area (Å²) in [6, 6.07) is 10.6. The normalized spacial score (nSPS) is 25.3. The Hall–Kier alpha value is -0.760. The molecule has 0 spiro atoms. The average molecular weight is 262 g/mol. The van der Waals surface area contributed by atoms with Crippen molar-refractivity contribution in [2.24, 2.45) is 11.8 Å². The van der Waals surface area contributed by atoms with E-state index in [9.17, 15) is 4.79 Å². The van der Waals surface area contributed by atoms with Crippen LogP contribution in [0, 0.1) is 11.8 Å². The Balaban J connectivity index is 1.84. The summed E-state index contributed by atoms with van der Waals surface area (Å²) in [6.45, 7) is 4.39. The van der Waals surface area contributed by atoms with Gasteiger partial charge < -0.3 is 0 Å². The summed E-state index contributed by atoms with van der Waals surface area (Å²) in [6.07, 6.45) is 4.43. The monoisotopic (exact) mass is 262 g/mol. The van der Waals surface area contributed by atoms with Crippen LogP contribution >= 0.6 is 11.8 Å². The highest BCUT2D eigenvalue weighted by atomic mass is 32.2. The highest BCUT2D eigenvalue weighted by Crippen LogP contribution is 2.40. The van der Waals surface area contributed by atoms with Crippen LogP contribution in [0.3, 0.4) is 0 Å². The van der Waals surface area contributed by atoms with Gasteiger partial charge in [-0.1, -0.05) is 62.4 Å². The van der Waals surface area contributed by atoms with Crippen molar-refractivity contribution in [3.63, 3.8) is 0 Å². The summed E-state index contributed by atoms with van der Waals surface area (Å²) in [7, 11) is 0. The number of rotatable bonds is 5. The minimum Gasteiger partial charge on any atom is -0.287 e. The van der Waals surface area contributed by atoms with E-state index in [0.717, 1.165) is 25.7 Å². The van der Waals surface area contributed by atoms with Gasteiger partial charge in [-0.05, 0) is 30.7 Å². The maximum Gasteiger partial charge on any atom is 0.192 e. The number of benzene rings is 1. The van der Waals surface area contributed by atoms with E-state index in [-0.39, 0.29) is 0 Å². The smallest absolute Gasteiger partial charge is 0.192 e. The van der Waals surface area contributed by atoms with E-state index < -0.39 is 0 Å². The molecule has 18 heavy (non-hydrogen) atoms. The fourth-order valence-electron chi connectivity index (χ4n) is 2.58. The van der Waals surface area contributed by atoms with Gasteiger partial charge >= 0.3 is 0 Å². The molecule has 0 N–H and O–H groups in total. The standard InChI is InChI=1S/C16H22OS/c1-3-12(2)15-11-14(18-16(15)17)10-9-13-7-5-4-6-8-13/h4-8,12,14-15H,3,9-11H2,1-2H3. The van der Waals surface area contributed by atoms with Crippen molar-refractivity contribution >= 4 is 16.9 Å². The molecule has 3 unspecified atom stereocenters. The molecule has 1 heterocycles. The first kappa shape index (κ1) is 13.7. The number of hydrogen-bond acceptors (Lipinski definition) is 2. The van der Waals surface area contributed by atoms with Crippen LogP contribution in [0.5, 0.6) is 0 Å². The highest BCUT2D eigenvalue weighted by molar-refractivity contribution is 8.14. The van der Waals surface area contributed by atoms with Gasteiger partial charge in [0.1, 0.15) is 0 Å². The van der Waals surface area contributed by atoms with E-state index >= 15 is 0 Å². The Morgan fingerprint density at radius 1 is 1.33 bits per heavy atom. The number of carbonyl (C=O) groups excluding carboxylic acids is 1. The van der Waals surface area contributed by atoms with Crippen molar-refractivity contribution in [2.45, 2.75) is 44.8 Å². The Bertz CT molecular complexity index is 387. The molecular formula is C16H22OS. The van der Waals surface area contributed by atoms with E-state index in [0.29, 0.717) is 22.2 Å². The molecule has 1 nitrogen and oxygen atoms in total. The predicted molar refractivity (Wildman–Crippen MR) is 78.7 cm³/mol. The van der Waals surface area contributed by atoms with Gasteiger partial charge in [-0.25, -0.2) is 0 Å². The van der Waals surface area contributed by atoms with Crippen LogP contribution in [0.4, 0.5) is 0 Å². The molecule has 3 atom stereocenters. The van der Waals surface area contributed by atoms with Crippen LogP contribution in [0.15, 0.2) is 30.3 Å². The molecular weight excluding hydrogens is 240 g/mol. The lowest BCUT2D eigenvalue weighted by molar-refractivity contribution is -0.115. The highest BCUT2D eigenvalue weighted by Gasteiger charge is 2.35. The van der Waals surface area contributed by atoms with Crippen molar-refractivity contribution in [3.8, 4) is 0 Å². The van der Waals surface area contributed by atoms with Gasteiger partial charge in [-0.3, -0.25) is 4.79 Å². The molecule has 1 aliphatic rings. The summed E-state index contributed by atoms with van der Waals surface area (Å²) in [5.74, 6) is 0.854. The maximum atomic E-state index is 12.0. The lowest BCUT2D eigenvalue weighted by Crippen LogP contribution is -2.14. The fourth-order valence-corrected chi connectivity index (χ4v) is 3.95. The minimum absolute atomic E-state index is 0.306. The van der Waals surface area contributed by atoms with Crippen molar-refractivity contribution in [1.82, 2.24) is 0 Å². The van der Waals surface area contributed by atoms with Gasteiger partial charge in [0.2, 0.25) is 0 Å². The SMILES string of the molecule is CCC(C)C1CC(CCc2ccccc2)SC1=O. The minimum atomic E-state index is 0.306. The molecule has 0 aliphatic carbocycles. The largest absolute Gasteiger partial charge is 0.287 e. The van der Waals surface area contributed by atoms with E-state index in [4.69, 9.17) is 0 Å². The molecule has 0 aromatic heterocycles. The zero-order valence-corrected chi connectivity index (χ0v) is 12.1. The van der Waals surface area contributed by atoms with Crippen LogP contribution in [0.2, 0.25) is 0 Å². The number of thioether (sulfide) groups is 1. The van der Waals surface area contributed by atoms with Gasteiger partial charge in [0, 0.05) is 11.2 Å². The van der Waals surface area contributed by atoms with Crippen molar-refractivity contribution in [2.75, 3.05) is 0 Å². The Labute approximate surface area is 114 Å². The van der Waals surface area contributed by atoms with Crippen molar-refractivity contribution in [3.05, 3.63) is 35.9 Å². The Morgan fingerprint density at radius 2 is 2.06 bits per heavy atom. The van der Waals surface area contributed by atoms with Gasteiger partial charge in [0.25, 0.3) is 0 Å². The molecule has 2 rings (SSSR count). The molecule has 2 heteroatoms. The molecule has 0 bridgehead atoms. The van der Waals surface area contributed by atoms with Gasteiger partial charge in [-0.2, -0.15) is 0 Å². The Morgan fingerprint density at radius 3 is 2.72 bits per heavy atom. The zero-order valence-electron chi connectivity index (χ0n) is 11.3. The molecule has 0 radical (unpaired) electrons. The molecule has 1 saturated heterocycles. The summed E-state index contributed by atoms with van der Waals surface area (Å²) < 4.78 is 0. The molecule has 1 fully saturated rings. The first-order valence-electron chi connectivity index (χ1n) is 6.95. The topological polar surface area (TPSA) is 17.1 Å². The Kier molecular flexibility index (Phi) is 4.87. The molecule has 1 aromatic carbocycles. The van der Waals surface area contributed by atoms with Crippen LogP contribution in [-0.2, 0) is 11.2 Å². The zero-order chi connectivity index (χ0) is 13.0. The van der Waals surface area contributed by atoms with Crippen LogP contribution in [0.1, 0.15) is 38.7 Å². The van der Waals surface area contributed by atoms with E-state index in [1.807, 2.05) is 0 Å². The van der Waals surface area contributed by atoms with Crippen molar-refractivity contribution < 1.29 is 4.79 Å². The lowest BCUT2D eigenvalue weighted by atomic mass is 9.88. The third-order valence-corrected chi connectivity index (χ3v) is 5.33. The summed E-state index contributed by atoms with van der Waals surface area (Å²) in [5, 5.41) is 0.971. The van der Waals surface area contributed by atoms with Gasteiger partial charge in [-0.15, -0.1) is 0 Å². The lowest BCUT2D eigenvalue weighted by Gasteiger charge is -2.15. The number of hydrogen-bond donors (Lipinski definition) is 0. The number of carbonyl (C=O) groups is 1. The second-order valence-corrected chi connectivity index (χ2v) is 6.62. The molecule has 0 amide bonds. The first-order chi connectivity index (χ1) is 8.70. The molecule has 1 aromatic rings. The van der Waals surface area contributed by atoms with Crippen LogP contribution in [-0.4, -0.2) is 10.4 Å². The molecule has 1 aliphatic heterocycles. The maximum absolute atomic E-state index is 12.0. The van der Waals surface area contributed by atoms with Crippen LogP contribution in [0.25, 0.3) is 0 Å². The van der Waals surface area contributed by atoms with E-state index in [1.165, 1.54) is 5.56 Å². The summed E-state index contributed by atoms with van der Waals surface area (Å²) in [4.78, 5) is 12.0. The van der Waals surface area contributed by atoms with E-state index in [2.05, 4.69) is 44.2 Å². The third-order valence-electron chi connectivity index (χ3n) is 4.03. The summed E-state index contributed by atoms with van der Waals surface area (Å²) >= 11 is 1.60. The quantitative estimate of drug-likeness (QED) is 0.786. The van der Waals surface area contributed by atoms with Gasteiger partial charge in [0.15, 0.2) is 5.12 Å². The summed E-state index contributed by atoms with van der Waals surface area (Å²) in [5.41, 5.74) is 1.39. The molecule has 0 saturated carbocycles. The predicted octanol–water partition coefficient (Wildman–Crippen LogP) is 4.31. The third kappa shape index (κ3) is 3.38. The fraction of sp³-hybridized carbons (Fsp3) is 0.562. The second-order valence-electron chi connectivity index (χ2n) is 5.31. The van der Waals surface area contributed by atoms with Crippen LogP contribution < -0.4 is 0 Å². The molecule has 98 valence electrons. The first-order valence-corrected chi connectivity index (χ1v) is 7.83. The second kappa shape index (κ2) is 6.42. The van der Waals surface area contributed by atoms with E-state index in [1.54, 1.807) is 11.8 Å².